The molecular formula is C29H34N6O5. The molecule has 0 saturated heterocycles. The number of carboxylic acid groups (broad SMARTS) is 1. The summed E-state index contributed by atoms with van der Waals surface area (Å²) in [5, 5.41) is 23.2. The number of nitrogen functional groups attached to an aromatic ring is 1. The van der Waals surface area contributed by atoms with E-state index in [4.69, 9.17) is 21.6 Å². The largest absolute Gasteiger partial charge is 0.481 e. The van der Waals surface area contributed by atoms with Crippen LogP contribution in [0.5, 0.6) is 5.88 Å². The van der Waals surface area contributed by atoms with Crippen LogP contribution in [0.4, 0.5) is 5.69 Å². The molecule has 40 heavy (non-hydrogen) atoms. The van der Waals surface area contributed by atoms with Gasteiger partial charge >= 0.3 is 5.97 Å². The van der Waals surface area contributed by atoms with Crippen LogP contribution in [0.15, 0.2) is 54.6 Å². The Morgan fingerprint density at radius 3 is 2.23 bits per heavy atom. The minimum Gasteiger partial charge on any atom is -0.481 e. The summed E-state index contributed by atoms with van der Waals surface area (Å²) in [6.07, 6.45) is 1.33. The number of rotatable bonds is 12. The Labute approximate surface area is 232 Å². The normalized spacial score (nSPS) is 11.5. The van der Waals surface area contributed by atoms with Crippen molar-refractivity contribution in [3.8, 4) is 17.0 Å². The van der Waals surface area contributed by atoms with Crippen molar-refractivity contribution >= 4 is 29.3 Å². The molecule has 1 aromatic heterocycles. The van der Waals surface area contributed by atoms with Gasteiger partial charge in [0.25, 0.3) is 11.8 Å². The summed E-state index contributed by atoms with van der Waals surface area (Å²) < 4.78 is 5.19. The number of pyridine rings is 1. The molecule has 3 aromatic rings. The lowest BCUT2D eigenvalue weighted by Gasteiger charge is -2.20. The van der Waals surface area contributed by atoms with E-state index < -0.39 is 17.8 Å². The van der Waals surface area contributed by atoms with E-state index in [1.165, 1.54) is 31.4 Å². The summed E-state index contributed by atoms with van der Waals surface area (Å²) in [7, 11) is 1.40. The Hall–Kier alpha value is -4.77. The summed E-state index contributed by atoms with van der Waals surface area (Å²) in [6.45, 7) is 4.50. The van der Waals surface area contributed by atoms with Gasteiger partial charge in [-0.3, -0.25) is 15.0 Å². The number of aromatic carboxylic acids is 1. The Bertz CT molecular complexity index is 1400. The third-order valence-corrected chi connectivity index (χ3v) is 6.16. The molecule has 2 aromatic carbocycles. The Morgan fingerprint density at radius 2 is 1.65 bits per heavy atom. The van der Waals surface area contributed by atoms with E-state index in [9.17, 15) is 19.5 Å². The molecule has 0 fully saturated rings. The number of ether oxygens (including phenoxy) is 1. The van der Waals surface area contributed by atoms with Gasteiger partial charge in [0.05, 0.1) is 12.7 Å². The topological polar surface area (TPSA) is 194 Å². The number of hydrogen-bond acceptors (Lipinski definition) is 7. The van der Waals surface area contributed by atoms with Crippen molar-refractivity contribution in [2.45, 2.75) is 32.7 Å². The van der Waals surface area contributed by atoms with Crippen LogP contribution >= 0.6 is 0 Å². The highest BCUT2D eigenvalue weighted by Crippen LogP contribution is 2.30. The van der Waals surface area contributed by atoms with E-state index in [0.717, 1.165) is 6.42 Å². The average Bonchev–Trinajstić information content (AvgIpc) is 2.92. The molecule has 0 saturated carbocycles. The number of amidine groups is 1. The monoisotopic (exact) mass is 546 g/mol. The molecular weight excluding hydrogens is 512 g/mol. The number of carboxylic acids is 1. The minimum absolute atomic E-state index is 0.0744. The highest BCUT2D eigenvalue weighted by Gasteiger charge is 2.23. The number of aromatic nitrogens is 1. The Balaban J connectivity index is 1.99. The van der Waals surface area contributed by atoms with Crippen molar-refractivity contribution in [3.05, 3.63) is 77.0 Å². The predicted molar refractivity (Wildman–Crippen MR) is 153 cm³/mol. The van der Waals surface area contributed by atoms with E-state index in [1.807, 2.05) is 13.8 Å². The third kappa shape index (κ3) is 7.41. The molecule has 0 aliphatic rings. The molecule has 0 aliphatic carbocycles. The van der Waals surface area contributed by atoms with Gasteiger partial charge in [-0.15, -0.1) is 0 Å². The van der Waals surface area contributed by atoms with Crippen molar-refractivity contribution in [3.63, 3.8) is 0 Å². The highest BCUT2D eigenvalue weighted by atomic mass is 16.5. The van der Waals surface area contributed by atoms with Gasteiger partial charge in [0.15, 0.2) is 0 Å². The fraction of sp³-hybridized carbons (Fsp3) is 0.276. The number of benzene rings is 2. The number of nitrogens with two attached hydrogens (primary N) is 2. The third-order valence-electron chi connectivity index (χ3n) is 6.16. The molecule has 0 spiro atoms. The number of carbonyl (C=O) groups is 3. The van der Waals surface area contributed by atoms with Gasteiger partial charge in [-0.1, -0.05) is 19.9 Å². The Morgan fingerprint density at radius 1 is 1.00 bits per heavy atom. The van der Waals surface area contributed by atoms with Crippen molar-refractivity contribution < 1.29 is 24.2 Å². The molecule has 11 nitrogen and oxygen atoms in total. The SMILES string of the molecule is COc1ccc(-c2ccc(C(=O)N[C@H](CCN)CC(C)C)cc2C(=O)O)c(C(=O)Nc2ccc(C(=N)N)cc2)n1. The van der Waals surface area contributed by atoms with Gasteiger partial charge in [0.2, 0.25) is 5.88 Å². The minimum atomic E-state index is -1.27. The lowest BCUT2D eigenvalue weighted by molar-refractivity contribution is 0.0697. The Kier molecular flexibility index (Phi) is 9.93. The van der Waals surface area contributed by atoms with Gasteiger partial charge in [0.1, 0.15) is 11.5 Å². The van der Waals surface area contributed by atoms with Crippen molar-refractivity contribution in [1.29, 1.82) is 5.41 Å². The van der Waals surface area contributed by atoms with Gasteiger partial charge in [-0.2, -0.15) is 0 Å². The number of nitrogens with zero attached hydrogens (tertiary/aromatic N) is 1. The fourth-order valence-electron chi connectivity index (χ4n) is 4.25. The van der Waals surface area contributed by atoms with Crippen LogP contribution in [0.1, 0.15) is 63.5 Å². The zero-order valence-corrected chi connectivity index (χ0v) is 22.7. The zero-order chi connectivity index (χ0) is 29.4. The number of nitrogens with one attached hydrogen (secondary N) is 3. The molecule has 8 N–H and O–H groups in total. The predicted octanol–water partition coefficient (Wildman–Crippen LogP) is 3.49. The molecule has 1 heterocycles. The number of carbonyl (C=O) groups excluding carboxylic acids is 2. The van der Waals surface area contributed by atoms with Crippen LogP contribution in [0.2, 0.25) is 0 Å². The molecule has 0 bridgehead atoms. The van der Waals surface area contributed by atoms with Crippen LogP contribution in [0.25, 0.3) is 11.1 Å². The van der Waals surface area contributed by atoms with E-state index in [2.05, 4.69) is 15.6 Å². The maximum atomic E-state index is 13.3. The number of methoxy groups -OCH3 is 1. The van der Waals surface area contributed by atoms with Crippen molar-refractivity contribution in [2.75, 3.05) is 19.0 Å². The van der Waals surface area contributed by atoms with Gasteiger partial charge in [-0.25, -0.2) is 9.78 Å². The number of amides is 2. The first-order valence-electron chi connectivity index (χ1n) is 12.7. The molecule has 1 atom stereocenters. The smallest absolute Gasteiger partial charge is 0.336 e. The van der Waals surface area contributed by atoms with Gasteiger partial charge in [-0.05, 0) is 73.3 Å². The molecule has 2 amide bonds. The maximum Gasteiger partial charge on any atom is 0.336 e. The summed E-state index contributed by atoms with van der Waals surface area (Å²) in [5.41, 5.74) is 12.5. The van der Waals surface area contributed by atoms with Crippen LogP contribution in [-0.4, -0.2) is 53.4 Å². The van der Waals surface area contributed by atoms with Crippen molar-refractivity contribution in [2.24, 2.45) is 17.4 Å². The lowest BCUT2D eigenvalue weighted by Crippen LogP contribution is -2.37. The van der Waals surface area contributed by atoms with E-state index in [-0.39, 0.29) is 45.7 Å². The zero-order valence-electron chi connectivity index (χ0n) is 22.7. The highest BCUT2D eigenvalue weighted by molar-refractivity contribution is 6.10. The number of hydrogen-bond donors (Lipinski definition) is 6. The van der Waals surface area contributed by atoms with Gasteiger partial charge < -0.3 is 31.9 Å². The van der Waals surface area contributed by atoms with Crippen LogP contribution < -0.4 is 26.8 Å². The van der Waals surface area contributed by atoms with Crippen LogP contribution in [-0.2, 0) is 0 Å². The molecule has 0 unspecified atom stereocenters. The second-order valence-electron chi connectivity index (χ2n) is 9.64. The molecule has 210 valence electrons. The second kappa shape index (κ2) is 13.3. The maximum absolute atomic E-state index is 13.3. The van der Waals surface area contributed by atoms with E-state index >= 15 is 0 Å². The van der Waals surface area contributed by atoms with Crippen molar-refractivity contribution in [1.82, 2.24) is 10.3 Å². The second-order valence-corrected chi connectivity index (χ2v) is 9.64. The first kappa shape index (κ1) is 29.8. The standard InChI is InChI=1S/C29H34N6O5/c1-16(2)14-20(12-13-30)34-27(36)18-6-9-21(23(15-18)29(38)39)22-10-11-24(40-3)35-25(22)28(37)33-19-7-4-17(5-8-19)26(31)32/h4-11,15-16,20H,12-14,30H2,1-3H3,(H3,31,32)(H,33,37)(H,34,36)(H,38,39)/t20-/m1/s1. The molecule has 3 rings (SSSR count). The summed E-state index contributed by atoms with van der Waals surface area (Å²) in [5.74, 6) is -1.90. The first-order chi connectivity index (χ1) is 19.0. The first-order valence-corrected chi connectivity index (χ1v) is 12.7. The number of anilines is 1. The van der Waals surface area contributed by atoms with Crippen LogP contribution in [0.3, 0.4) is 0 Å². The molecule has 0 aliphatic heterocycles. The van der Waals surface area contributed by atoms with Crippen LogP contribution in [0, 0.1) is 11.3 Å². The lowest BCUT2D eigenvalue weighted by atomic mass is 9.95. The molecule has 0 radical (unpaired) electrons. The van der Waals surface area contributed by atoms with E-state index in [0.29, 0.717) is 30.1 Å². The summed E-state index contributed by atoms with van der Waals surface area (Å²) >= 11 is 0. The van der Waals surface area contributed by atoms with E-state index in [1.54, 1.807) is 30.3 Å². The fourth-order valence-corrected chi connectivity index (χ4v) is 4.25. The molecule has 11 heteroatoms. The average molecular weight is 547 g/mol. The quantitative estimate of drug-likeness (QED) is 0.147. The summed E-state index contributed by atoms with van der Waals surface area (Å²) in [6, 6.07) is 13.5. The van der Waals surface area contributed by atoms with Gasteiger partial charge in [0, 0.05) is 34.5 Å². The summed E-state index contributed by atoms with van der Waals surface area (Å²) in [4.78, 5) is 42.9.